The lowest BCUT2D eigenvalue weighted by Gasteiger charge is -2.14. The summed E-state index contributed by atoms with van der Waals surface area (Å²) in [6.45, 7) is 0. The van der Waals surface area contributed by atoms with Crippen molar-refractivity contribution in [2.45, 2.75) is 12.5 Å². The van der Waals surface area contributed by atoms with Crippen molar-refractivity contribution < 1.29 is 28.4 Å². The van der Waals surface area contributed by atoms with E-state index >= 15 is 0 Å². The highest BCUT2D eigenvalue weighted by molar-refractivity contribution is 6.21. The minimum absolute atomic E-state index is 0.0332. The maximum Gasteiger partial charge on any atom is 0.376 e. The number of imide groups is 1. The summed E-state index contributed by atoms with van der Waals surface area (Å²) < 4.78 is 13.3. The number of benzene rings is 2. The van der Waals surface area contributed by atoms with Gasteiger partial charge in [0.1, 0.15) is 5.82 Å². The van der Waals surface area contributed by atoms with Gasteiger partial charge in [0.05, 0.1) is 16.8 Å². The Morgan fingerprint density at radius 3 is 2.46 bits per heavy atom. The van der Waals surface area contributed by atoms with Gasteiger partial charge in [-0.3, -0.25) is 9.59 Å². The molecule has 0 fully saturated rings. The Hall–Kier alpha value is -3.55. The number of hydrogen-bond donors (Lipinski definition) is 0. The molecule has 2 heterocycles. The number of halogens is 1. The standard InChI is InChI=1S/C18H11FN2O5/c19-11-5-3-4-10(8-11)14-9-15(25-20-14)18(24)26-21-16(22)12-6-1-2-7-13(12)17(21)23/h1-8,15H,9H2. The number of hydrogen-bond acceptors (Lipinski definition) is 6. The molecule has 0 radical (unpaired) electrons. The van der Waals surface area contributed by atoms with Crippen molar-refractivity contribution in [2.75, 3.05) is 0 Å². The van der Waals surface area contributed by atoms with E-state index in [9.17, 15) is 18.8 Å². The molecule has 4 rings (SSSR count). The third-order valence-electron chi connectivity index (χ3n) is 4.03. The molecule has 2 amide bonds. The third kappa shape index (κ3) is 2.61. The molecule has 0 bridgehead atoms. The van der Waals surface area contributed by atoms with E-state index in [0.29, 0.717) is 16.3 Å². The summed E-state index contributed by atoms with van der Waals surface area (Å²) in [5.74, 6) is -2.82. The molecular weight excluding hydrogens is 343 g/mol. The minimum atomic E-state index is -1.13. The Labute approximate surface area is 146 Å². The number of hydroxylamine groups is 2. The topological polar surface area (TPSA) is 85.3 Å². The number of oxime groups is 1. The van der Waals surface area contributed by atoms with E-state index in [4.69, 9.17) is 9.68 Å². The van der Waals surface area contributed by atoms with Gasteiger partial charge in [0.25, 0.3) is 11.8 Å². The maximum atomic E-state index is 13.3. The van der Waals surface area contributed by atoms with Gasteiger partial charge < -0.3 is 9.68 Å². The van der Waals surface area contributed by atoms with Crippen LogP contribution in [0.2, 0.25) is 0 Å². The van der Waals surface area contributed by atoms with Gasteiger partial charge in [-0.2, -0.15) is 0 Å². The number of carbonyl (C=O) groups excluding carboxylic acids is 3. The zero-order chi connectivity index (χ0) is 18.3. The molecule has 0 aliphatic carbocycles. The van der Waals surface area contributed by atoms with Crippen LogP contribution in [0.15, 0.2) is 53.7 Å². The Bertz CT molecular complexity index is 937. The number of amides is 2. The van der Waals surface area contributed by atoms with Crippen molar-refractivity contribution in [3.63, 3.8) is 0 Å². The summed E-state index contributed by atoms with van der Waals surface area (Å²) in [5.41, 5.74) is 1.17. The molecule has 26 heavy (non-hydrogen) atoms. The van der Waals surface area contributed by atoms with Gasteiger partial charge in [0.2, 0.25) is 6.10 Å². The highest BCUT2D eigenvalue weighted by Gasteiger charge is 2.41. The van der Waals surface area contributed by atoms with Crippen molar-refractivity contribution in [1.82, 2.24) is 5.06 Å². The predicted molar refractivity (Wildman–Crippen MR) is 85.5 cm³/mol. The molecule has 2 aromatic rings. The first-order chi connectivity index (χ1) is 12.5. The summed E-state index contributed by atoms with van der Waals surface area (Å²) in [6.07, 6.45) is -1.09. The van der Waals surface area contributed by atoms with Crippen LogP contribution in [-0.4, -0.2) is 34.7 Å². The van der Waals surface area contributed by atoms with Gasteiger partial charge in [-0.1, -0.05) is 34.5 Å². The molecule has 7 nitrogen and oxygen atoms in total. The van der Waals surface area contributed by atoms with Crippen LogP contribution in [0.3, 0.4) is 0 Å². The van der Waals surface area contributed by atoms with Crippen LogP contribution in [-0.2, 0) is 14.5 Å². The maximum absolute atomic E-state index is 13.3. The second-order valence-electron chi connectivity index (χ2n) is 5.71. The molecule has 2 aliphatic heterocycles. The first-order valence-electron chi connectivity index (χ1n) is 7.73. The summed E-state index contributed by atoms with van der Waals surface area (Å²) >= 11 is 0. The van der Waals surface area contributed by atoms with Crippen molar-refractivity contribution >= 4 is 23.5 Å². The fraction of sp³-hybridized carbons (Fsp3) is 0.111. The molecule has 0 saturated carbocycles. The molecule has 0 spiro atoms. The number of fused-ring (bicyclic) bond motifs is 1. The average molecular weight is 354 g/mol. The quantitative estimate of drug-likeness (QED) is 0.788. The number of nitrogens with zero attached hydrogens (tertiary/aromatic N) is 2. The highest BCUT2D eigenvalue weighted by Crippen LogP contribution is 2.24. The summed E-state index contributed by atoms with van der Waals surface area (Å²) in [5, 5.41) is 4.18. The lowest BCUT2D eigenvalue weighted by Crippen LogP contribution is -2.37. The average Bonchev–Trinajstić information content (AvgIpc) is 3.22. The normalized spacial score (nSPS) is 18.4. The fourth-order valence-corrected chi connectivity index (χ4v) is 2.74. The lowest BCUT2D eigenvalue weighted by atomic mass is 10.1. The van der Waals surface area contributed by atoms with Gasteiger partial charge in [0, 0.05) is 12.0 Å². The minimum Gasteiger partial charge on any atom is -0.380 e. The van der Waals surface area contributed by atoms with Crippen molar-refractivity contribution in [1.29, 1.82) is 0 Å². The van der Waals surface area contributed by atoms with E-state index in [-0.39, 0.29) is 17.5 Å². The molecule has 130 valence electrons. The van der Waals surface area contributed by atoms with Crippen LogP contribution in [0.5, 0.6) is 0 Å². The lowest BCUT2D eigenvalue weighted by molar-refractivity contribution is -0.180. The van der Waals surface area contributed by atoms with Crippen LogP contribution in [0.1, 0.15) is 32.7 Å². The van der Waals surface area contributed by atoms with Gasteiger partial charge in [-0.15, -0.1) is 0 Å². The Morgan fingerprint density at radius 1 is 1.12 bits per heavy atom. The van der Waals surface area contributed by atoms with E-state index in [2.05, 4.69) is 5.16 Å². The zero-order valence-corrected chi connectivity index (χ0v) is 13.2. The SMILES string of the molecule is O=C(ON1C(=O)c2ccccc2C1=O)C1CC(c2cccc(F)c2)=NO1. The molecule has 1 unspecified atom stereocenters. The largest absolute Gasteiger partial charge is 0.380 e. The van der Waals surface area contributed by atoms with Crippen molar-refractivity contribution in [3.05, 3.63) is 71.0 Å². The number of rotatable bonds is 3. The van der Waals surface area contributed by atoms with E-state index in [1.807, 2.05) is 0 Å². The Kier molecular flexibility index (Phi) is 3.72. The Morgan fingerprint density at radius 2 is 1.81 bits per heavy atom. The van der Waals surface area contributed by atoms with E-state index < -0.39 is 29.7 Å². The molecule has 1 atom stereocenters. The first kappa shape index (κ1) is 15.9. The van der Waals surface area contributed by atoms with Gasteiger partial charge in [-0.05, 0) is 24.3 Å². The summed E-state index contributed by atoms with van der Waals surface area (Å²) in [6, 6.07) is 11.8. The highest BCUT2D eigenvalue weighted by atomic mass is 19.1. The summed E-state index contributed by atoms with van der Waals surface area (Å²) in [4.78, 5) is 46.6. The van der Waals surface area contributed by atoms with Crippen molar-refractivity contribution in [3.8, 4) is 0 Å². The van der Waals surface area contributed by atoms with Crippen LogP contribution in [0.25, 0.3) is 0 Å². The van der Waals surface area contributed by atoms with Gasteiger partial charge in [-0.25, -0.2) is 9.18 Å². The second kappa shape index (κ2) is 6.07. The van der Waals surface area contributed by atoms with Crippen LogP contribution >= 0.6 is 0 Å². The zero-order valence-electron chi connectivity index (χ0n) is 13.2. The van der Waals surface area contributed by atoms with Crippen LogP contribution in [0.4, 0.5) is 4.39 Å². The second-order valence-corrected chi connectivity index (χ2v) is 5.71. The van der Waals surface area contributed by atoms with E-state index in [0.717, 1.165) is 0 Å². The molecule has 0 aromatic heterocycles. The smallest absolute Gasteiger partial charge is 0.376 e. The van der Waals surface area contributed by atoms with Gasteiger partial charge >= 0.3 is 5.97 Å². The number of carbonyl (C=O) groups is 3. The van der Waals surface area contributed by atoms with Gasteiger partial charge in [0.15, 0.2) is 0 Å². The van der Waals surface area contributed by atoms with E-state index in [1.54, 1.807) is 18.2 Å². The van der Waals surface area contributed by atoms with Crippen LogP contribution < -0.4 is 0 Å². The Balaban J connectivity index is 1.44. The molecule has 2 aromatic carbocycles. The molecule has 8 heteroatoms. The summed E-state index contributed by atoms with van der Waals surface area (Å²) in [7, 11) is 0. The molecule has 0 N–H and O–H groups in total. The fourth-order valence-electron chi connectivity index (χ4n) is 2.74. The van der Waals surface area contributed by atoms with Crippen molar-refractivity contribution in [2.24, 2.45) is 5.16 Å². The van der Waals surface area contributed by atoms with Crippen LogP contribution in [0, 0.1) is 5.82 Å². The predicted octanol–water partition coefficient (Wildman–Crippen LogP) is 2.07. The third-order valence-corrected chi connectivity index (χ3v) is 4.03. The van der Waals surface area contributed by atoms with E-state index in [1.165, 1.54) is 30.3 Å². The molecule has 0 saturated heterocycles. The monoisotopic (exact) mass is 354 g/mol. The first-order valence-corrected chi connectivity index (χ1v) is 7.73. The molecular formula is C18H11FN2O5. The molecule has 2 aliphatic rings.